The molecule has 1 N–H and O–H groups in total. The molecule has 0 bridgehead atoms. The van der Waals surface area contributed by atoms with Gasteiger partial charge in [-0.25, -0.2) is 0 Å². The first kappa shape index (κ1) is 13.1. The van der Waals surface area contributed by atoms with Gasteiger partial charge in [-0.15, -0.1) is 0 Å². The average Bonchev–Trinajstić information content (AvgIpc) is 2.54. The van der Waals surface area contributed by atoms with E-state index in [4.69, 9.17) is 0 Å². The third-order valence-corrected chi connectivity index (χ3v) is 4.70. The fraction of sp³-hybridized carbons (Fsp3) is 0.933. The van der Waals surface area contributed by atoms with Crippen molar-refractivity contribution < 1.29 is 9.90 Å². The fourth-order valence-electron chi connectivity index (χ4n) is 3.61. The van der Waals surface area contributed by atoms with Gasteiger partial charge in [0.2, 0.25) is 0 Å². The van der Waals surface area contributed by atoms with Gasteiger partial charge in [0.15, 0.2) is 5.78 Å². The first-order valence-electron chi connectivity index (χ1n) is 7.38. The summed E-state index contributed by atoms with van der Waals surface area (Å²) >= 11 is 0. The molecule has 0 saturated heterocycles. The summed E-state index contributed by atoms with van der Waals surface area (Å²) in [5.74, 6) is 0.972. The van der Waals surface area contributed by atoms with Crippen LogP contribution in [0.1, 0.15) is 71.1 Å². The van der Waals surface area contributed by atoms with Crippen LogP contribution in [-0.4, -0.2) is 16.5 Å². The second-order valence-corrected chi connectivity index (χ2v) is 6.28. The number of Topliss-reactive ketones (excluding diaryl/α,β-unsaturated/α-hetero) is 1. The van der Waals surface area contributed by atoms with Crippen LogP contribution in [0.3, 0.4) is 0 Å². The van der Waals surface area contributed by atoms with Crippen molar-refractivity contribution >= 4 is 5.78 Å². The van der Waals surface area contributed by atoms with Crippen LogP contribution in [0.25, 0.3) is 0 Å². The lowest BCUT2D eigenvalue weighted by molar-refractivity contribution is -0.144. The Hall–Kier alpha value is -0.370. The van der Waals surface area contributed by atoms with Crippen molar-refractivity contribution in [3.05, 3.63) is 0 Å². The summed E-state index contributed by atoms with van der Waals surface area (Å²) in [6, 6.07) is 0. The van der Waals surface area contributed by atoms with Crippen molar-refractivity contribution in [3.8, 4) is 0 Å². The van der Waals surface area contributed by atoms with Gasteiger partial charge in [0.1, 0.15) is 5.60 Å². The number of hydrogen-bond acceptors (Lipinski definition) is 2. The fourth-order valence-corrected chi connectivity index (χ4v) is 3.61. The Bertz CT molecular complexity index is 264. The maximum absolute atomic E-state index is 12.5. The van der Waals surface area contributed by atoms with Gasteiger partial charge in [-0.1, -0.05) is 45.4 Å². The van der Waals surface area contributed by atoms with E-state index in [2.05, 4.69) is 6.92 Å². The highest BCUT2D eigenvalue weighted by atomic mass is 16.3. The maximum Gasteiger partial charge on any atom is 0.167 e. The van der Waals surface area contributed by atoms with E-state index in [1.807, 2.05) is 0 Å². The van der Waals surface area contributed by atoms with E-state index in [0.717, 1.165) is 32.1 Å². The second kappa shape index (κ2) is 5.51. The number of rotatable bonds is 2. The number of carbonyl (C=O) groups excluding carboxylic acids is 1. The van der Waals surface area contributed by atoms with Crippen LogP contribution in [0.4, 0.5) is 0 Å². The number of ketones is 1. The maximum atomic E-state index is 12.5. The van der Waals surface area contributed by atoms with Gasteiger partial charge in [0, 0.05) is 5.92 Å². The van der Waals surface area contributed by atoms with E-state index < -0.39 is 5.60 Å². The number of aliphatic hydroxyl groups is 1. The van der Waals surface area contributed by atoms with Crippen molar-refractivity contribution in [2.45, 2.75) is 76.7 Å². The molecule has 0 heterocycles. The Balaban J connectivity index is 2.01. The molecule has 0 amide bonds. The summed E-state index contributed by atoms with van der Waals surface area (Å²) in [7, 11) is 0. The Morgan fingerprint density at radius 3 is 2.29 bits per heavy atom. The summed E-state index contributed by atoms with van der Waals surface area (Å²) < 4.78 is 0. The second-order valence-electron chi connectivity index (χ2n) is 6.28. The summed E-state index contributed by atoms with van der Waals surface area (Å²) in [5.41, 5.74) is -0.974. The molecule has 2 nitrogen and oxygen atoms in total. The van der Waals surface area contributed by atoms with Crippen molar-refractivity contribution in [2.24, 2.45) is 11.8 Å². The lowest BCUT2D eigenvalue weighted by atomic mass is 9.74. The molecule has 2 aliphatic carbocycles. The monoisotopic (exact) mass is 238 g/mol. The summed E-state index contributed by atoms with van der Waals surface area (Å²) in [5, 5.41) is 10.6. The standard InChI is InChI=1S/C15H26O2/c1-12-7-6-8-13(11-12)14(16)15(17)9-4-2-3-5-10-15/h12-13,17H,2-11H2,1H3. The Labute approximate surface area is 105 Å². The molecule has 2 unspecified atom stereocenters. The molecule has 2 heteroatoms. The highest BCUT2D eigenvalue weighted by molar-refractivity contribution is 5.89. The van der Waals surface area contributed by atoms with Gasteiger partial charge in [-0.2, -0.15) is 0 Å². The average molecular weight is 238 g/mol. The van der Waals surface area contributed by atoms with Crippen molar-refractivity contribution in [3.63, 3.8) is 0 Å². The minimum Gasteiger partial charge on any atom is -0.382 e. The van der Waals surface area contributed by atoms with Crippen LogP contribution >= 0.6 is 0 Å². The van der Waals surface area contributed by atoms with E-state index in [9.17, 15) is 9.90 Å². The molecule has 17 heavy (non-hydrogen) atoms. The topological polar surface area (TPSA) is 37.3 Å². The van der Waals surface area contributed by atoms with E-state index in [-0.39, 0.29) is 11.7 Å². The number of hydrogen-bond donors (Lipinski definition) is 1. The minimum atomic E-state index is -0.974. The molecule has 2 saturated carbocycles. The van der Waals surface area contributed by atoms with Crippen LogP contribution in [0.15, 0.2) is 0 Å². The van der Waals surface area contributed by atoms with Gasteiger partial charge in [-0.3, -0.25) is 4.79 Å². The minimum absolute atomic E-state index is 0.141. The quantitative estimate of drug-likeness (QED) is 0.748. The van der Waals surface area contributed by atoms with Gasteiger partial charge in [-0.05, 0) is 31.6 Å². The molecule has 0 spiro atoms. The van der Waals surface area contributed by atoms with Crippen LogP contribution in [0.5, 0.6) is 0 Å². The third-order valence-electron chi connectivity index (χ3n) is 4.70. The van der Waals surface area contributed by atoms with Crippen molar-refractivity contribution in [1.82, 2.24) is 0 Å². The lowest BCUT2D eigenvalue weighted by Gasteiger charge is -2.33. The number of carbonyl (C=O) groups is 1. The molecule has 0 aromatic rings. The van der Waals surface area contributed by atoms with Gasteiger partial charge < -0.3 is 5.11 Å². The van der Waals surface area contributed by atoms with E-state index >= 15 is 0 Å². The molecule has 0 aliphatic heterocycles. The molecule has 0 radical (unpaired) electrons. The largest absolute Gasteiger partial charge is 0.382 e. The molecule has 2 atom stereocenters. The Kier molecular flexibility index (Phi) is 4.24. The van der Waals surface area contributed by atoms with Crippen LogP contribution < -0.4 is 0 Å². The van der Waals surface area contributed by atoms with Crippen LogP contribution in [0, 0.1) is 11.8 Å². The molecule has 0 aromatic carbocycles. The first-order valence-corrected chi connectivity index (χ1v) is 7.38. The molecule has 2 aliphatic rings. The van der Waals surface area contributed by atoms with E-state index in [1.165, 1.54) is 19.3 Å². The highest BCUT2D eigenvalue weighted by Crippen LogP contribution is 2.36. The smallest absolute Gasteiger partial charge is 0.167 e. The van der Waals surface area contributed by atoms with Gasteiger partial charge >= 0.3 is 0 Å². The van der Waals surface area contributed by atoms with Crippen LogP contribution in [-0.2, 0) is 4.79 Å². The zero-order valence-corrected chi connectivity index (χ0v) is 11.1. The van der Waals surface area contributed by atoms with Gasteiger partial charge in [0.05, 0.1) is 0 Å². The van der Waals surface area contributed by atoms with Crippen molar-refractivity contribution in [1.29, 1.82) is 0 Å². The third kappa shape index (κ3) is 3.09. The summed E-state index contributed by atoms with van der Waals surface area (Å²) in [4.78, 5) is 12.5. The van der Waals surface area contributed by atoms with Crippen LogP contribution in [0.2, 0.25) is 0 Å². The molecular formula is C15H26O2. The molecule has 2 fully saturated rings. The zero-order chi connectivity index (χ0) is 12.3. The molecule has 98 valence electrons. The molecule has 0 aromatic heterocycles. The normalized spacial score (nSPS) is 34.0. The van der Waals surface area contributed by atoms with E-state index in [0.29, 0.717) is 18.8 Å². The lowest BCUT2D eigenvalue weighted by Crippen LogP contribution is -2.43. The predicted octanol–water partition coefficient (Wildman–Crippen LogP) is 3.47. The van der Waals surface area contributed by atoms with Gasteiger partial charge in [0.25, 0.3) is 0 Å². The Morgan fingerprint density at radius 2 is 1.71 bits per heavy atom. The molecule has 2 rings (SSSR count). The highest BCUT2D eigenvalue weighted by Gasteiger charge is 2.40. The zero-order valence-electron chi connectivity index (χ0n) is 11.1. The van der Waals surface area contributed by atoms with Crippen molar-refractivity contribution in [2.75, 3.05) is 0 Å². The Morgan fingerprint density at radius 1 is 1.06 bits per heavy atom. The summed E-state index contributed by atoms with van der Waals surface area (Å²) in [6.45, 7) is 2.23. The summed E-state index contributed by atoms with van der Waals surface area (Å²) in [6.07, 6.45) is 10.2. The van der Waals surface area contributed by atoms with E-state index in [1.54, 1.807) is 0 Å². The SMILES string of the molecule is CC1CCCC(C(=O)C2(O)CCCCCC2)C1. The molecular weight excluding hydrogens is 212 g/mol. The first-order chi connectivity index (χ1) is 8.12. The predicted molar refractivity (Wildman–Crippen MR) is 68.8 cm³/mol.